The highest BCUT2D eigenvalue weighted by Crippen LogP contribution is 2.21. The van der Waals surface area contributed by atoms with Gasteiger partial charge in [-0.25, -0.2) is 0 Å². The van der Waals surface area contributed by atoms with Gasteiger partial charge in [0.1, 0.15) is 5.56 Å². The first-order valence-corrected chi connectivity index (χ1v) is 7.39. The Labute approximate surface area is 130 Å². The van der Waals surface area contributed by atoms with E-state index in [0.717, 1.165) is 26.1 Å². The Kier molecular flexibility index (Phi) is 5.27. The van der Waals surface area contributed by atoms with Crippen LogP contribution in [0.15, 0.2) is 29.8 Å². The van der Waals surface area contributed by atoms with Crippen LogP contribution in [0.1, 0.15) is 29.3 Å². The number of hydrogen-bond donors (Lipinski definition) is 1. The summed E-state index contributed by atoms with van der Waals surface area (Å²) in [7, 11) is 0. The number of nitro benzene ring substituents is 1. The molecule has 1 aromatic rings. The number of nitrogens with zero attached hydrogens (tertiary/aromatic N) is 2. The quantitative estimate of drug-likeness (QED) is 0.514. The van der Waals surface area contributed by atoms with Gasteiger partial charge in [-0.2, -0.15) is 0 Å². The van der Waals surface area contributed by atoms with Crippen molar-refractivity contribution in [1.82, 2.24) is 10.2 Å². The minimum absolute atomic E-state index is 0.144. The second-order valence-electron chi connectivity index (χ2n) is 5.58. The van der Waals surface area contributed by atoms with Crippen LogP contribution in [0.25, 0.3) is 0 Å². The van der Waals surface area contributed by atoms with Crippen LogP contribution >= 0.6 is 0 Å². The van der Waals surface area contributed by atoms with Gasteiger partial charge in [0.2, 0.25) is 0 Å². The Morgan fingerprint density at radius 3 is 2.82 bits per heavy atom. The van der Waals surface area contributed by atoms with Gasteiger partial charge in [-0.3, -0.25) is 19.8 Å². The Balaban J connectivity index is 1.94. The van der Waals surface area contributed by atoms with Crippen LogP contribution < -0.4 is 5.32 Å². The molecule has 0 bridgehead atoms. The normalized spacial score (nSPS) is 15.3. The number of rotatable bonds is 5. The molecule has 0 spiro atoms. The molecule has 1 aliphatic heterocycles. The second-order valence-corrected chi connectivity index (χ2v) is 5.58. The van der Waals surface area contributed by atoms with Crippen molar-refractivity contribution in [2.24, 2.45) is 0 Å². The van der Waals surface area contributed by atoms with Crippen LogP contribution in [0, 0.1) is 17.0 Å². The van der Waals surface area contributed by atoms with Crippen LogP contribution in [-0.2, 0) is 0 Å². The largest absolute Gasteiger partial charge is 0.351 e. The molecule has 1 heterocycles. The molecular weight excluding hydrogens is 282 g/mol. The molecule has 0 fully saturated rings. The van der Waals surface area contributed by atoms with Crippen molar-refractivity contribution in [2.75, 3.05) is 26.2 Å². The lowest BCUT2D eigenvalue weighted by molar-refractivity contribution is -0.385. The van der Waals surface area contributed by atoms with E-state index in [1.165, 1.54) is 11.6 Å². The number of aryl methyl sites for hydroxylation is 1. The SMILES string of the molecule is CC1=CCN(CCNC(=O)c2c(C)cccc2[N+](=O)[O-])CC1. The first-order valence-electron chi connectivity index (χ1n) is 7.39. The Morgan fingerprint density at radius 2 is 2.18 bits per heavy atom. The average Bonchev–Trinajstić information content (AvgIpc) is 2.48. The number of carbonyl (C=O) groups is 1. The molecule has 22 heavy (non-hydrogen) atoms. The molecule has 0 saturated heterocycles. The molecule has 0 aromatic heterocycles. The maximum atomic E-state index is 12.2. The Hall–Kier alpha value is -2.21. The number of benzene rings is 1. The average molecular weight is 303 g/mol. The van der Waals surface area contributed by atoms with Gasteiger partial charge in [0.05, 0.1) is 4.92 Å². The molecular formula is C16H21N3O3. The van der Waals surface area contributed by atoms with Crippen molar-refractivity contribution >= 4 is 11.6 Å². The third-order valence-corrected chi connectivity index (χ3v) is 3.91. The van der Waals surface area contributed by atoms with E-state index < -0.39 is 4.92 Å². The molecule has 6 nitrogen and oxygen atoms in total. The van der Waals surface area contributed by atoms with Gasteiger partial charge in [-0.1, -0.05) is 23.8 Å². The Bertz CT molecular complexity index is 611. The zero-order valence-electron chi connectivity index (χ0n) is 13.0. The fourth-order valence-corrected chi connectivity index (χ4v) is 2.53. The van der Waals surface area contributed by atoms with Crippen LogP contribution in [0.3, 0.4) is 0 Å². The highest BCUT2D eigenvalue weighted by molar-refractivity contribution is 5.99. The number of hydrogen-bond acceptors (Lipinski definition) is 4. The summed E-state index contributed by atoms with van der Waals surface area (Å²) in [6.45, 7) is 6.94. The lowest BCUT2D eigenvalue weighted by Gasteiger charge is -2.25. The summed E-state index contributed by atoms with van der Waals surface area (Å²) in [5, 5.41) is 13.8. The van der Waals surface area contributed by atoms with E-state index in [-0.39, 0.29) is 17.2 Å². The van der Waals surface area contributed by atoms with Gasteiger partial charge < -0.3 is 5.32 Å². The van der Waals surface area contributed by atoms with Gasteiger partial charge in [0, 0.05) is 32.2 Å². The highest BCUT2D eigenvalue weighted by Gasteiger charge is 2.21. The lowest BCUT2D eigenvalue weighted by atomic mass is 10.1. The molecule has 1 aromatic carbocycles. The smallest absolute Gasteiger partial charge is 0.282 e. The van der Waals surface area contributed by atoms with Gasteiger partial charge >= 0.3 is 0 Å². The molecule has 118 valence electrons. The monoisotopic (exact) mass is 303 g/mol. The van der Waals surface area contributed by atoms with E-state index in [4.69, 9.17) is 0 Å². The summed E-state index contributed by atoms with van der Waals surface area (Å²) in [5.41, 5.74) is 2.02. The minimum Gasteiger partial charge on any atom is -0.351 e. The van der Waals surface area contributed by atoms with Crippen molar-refractivity contribution < 1.29 is 9.72 Å². The first-order chi connectivity index (χ1) is 10.5. The molecule has 0 saturated carbocycles. The number of nitrogens with one attached hydrogen (secondary N) is 1. The van der Waals surface area contributed by atoms with Crippen LogP contribution in [0.5, 0.6) is 0 Å². The van der Waals surface area contributed by atoms with E-state index in [2.05, 4.69) is 23.2 Å². The summed E-state index contributed by atoms with van der Waals surface area (Å²) in [5.74, 6) is -0.381. The van der Waals surface area contributed by atoms with Crippen molar-refractivity contribution in [3.05, 3.63) is 51.1 Å². The van der Waals surface area contributed by atoms with E-state index in [1.807, 2.05) is 0 Å². The fraction of sp³-hybridized carbons (Fsp3) is 0.438. The van der Waals surface area contributed by atoms with Crippen molar-refractivity contribution in [3.8, 4) is 0 Å². The molecule has 2 rings (SSSR count). The van der Waals surface area contributed by atoms with Crippen molar-refractivity contribution in [3.63, 3.8) is 0 Å². The van der Waals surface area contributed by atoms with Gasteiger partial charge in [0.15, 0.2) is 0 Å². The summed E-state index contributed by atoms with van der Waals surface area (Å²) in [6, 6.07) is 4.66. The first kappa shape index (κ1) is 16.2. The zero-order chi connectivity index (χ0) is 16.1. The van der Waals surface area contributed by atoms with Gasteiger partial charge in [-0.05, 0) is 25.8 Å². The Morgan fingerprint density at radius 1 is 1.41 bits per heavy atom. The van der Waals surface area contributed by atoms with Crippen LogP contribution in [0.2, 0.25) is 0 Å². The predicted octanol–water partition coefficient (Wildman–Crippen LogP) is 2.29. The molecule has 1 aliphatic rings. The molecule has 6 heteroatoms. The lowest BCUT2D eigenvalue weighted by Crippen LogP contribution is -2.37. The molecule has 0 aliphatic carbocycles. The maximum absolute atomic E-state index is 12.2. The van der Waals surface area contributed by atoms with Crippen molar-refractivity contribution in [2.45, 2.75) is 20.3 Å². The van der Waals surface area contributed by atoms with E-state index in [0.29, 0.717) is 12.1 Å². The van der Waals surface area contributed by atoms with Gasteiger partial charge in [0.25, 0.3) is 11.6 Å². The fourth-order valence-electron chi connectivity index (χ4n) is 2.53. The molecule has 1 amide bonds. The number of carbonyl (C=O) groups excluding carboxylic acids is 1. The molecule has 0 radical (unpaired) electrons. The van der Waals surface area contributed by atoms with E-state index in [1.54, 1.807) is 19.1 Å². The number of amides is 1. The van der Waals surface area contributed by atoms with Gasteiger partial charge in [-0.15, -0.1) is 0 Å². The van der Waals surface area contributed by atoms with Crippen LogP contribution in [-0.4, -0.2) is 41.9 Å². The molecule has 0 atom stereocenters. The summed E-state index contributed by atoms with van der Waals surface area (Å²) >= 11 is 0. The standard InChI is InChI=1S/C16H21N3O3/c1-12-6-9-18(10-7-12)11-8-17-16(20)15-13(2)4-3-5-14(15)19(21)22/h3-6H,7-11H2,1-2H3,(H,17,20). The molecule has 1 N–H and O–H groups in total. The van der Waals surface area contributed by atoms with Crippen molar-refractivity contribution in [1.29, 1.82) is 0 Å². The minimum atomic E-state index is -0.514. The highest BCUT2D eigenvalue weighted by atomic mass is 16.6. The third kappa shape index (κ3) is 3.92. The predicted molar refractivity (Wildman–Crippen MR) is 85.0 cm³/mol. The number of nitro groups is 1. The van der Waals surface area contributed by atoms with E-state index in [9.17, 15) is 14.9 Å². The second kappa shape index (κ2) is 7.17. The van der Waals surface area contributed by atoms with Crippen LogP contribution in [0.4, 0.5) is 5.69 Å². The maximum Gasteiger partial charge on any atom is 0.282 e. The summed E-state index contributed by atoms with van der Waals surface area (Å²) < 4.78 is 0. The zero-order valence-corrected chi connectivity index (χ0v) is 13.0. The summed E-state index contributed by atoms with van der Waals surface area (Å²) in [4.78, 5) is 25.0. The third-order valence-electron chi connectivity index (χ3n) is 3.91. The molecule has 0 unspecified atom stereocenters. The topological polar surface area (TPSA) is 75.5 Å². The van der Waals surface area contributed by atoms with E-state index >= 15 is 0 Å². The summed E-state index contributed by atoms with van der Waals surface area (Å²) in [6.07, 6.45) is 3.24.